The van der Waals surface area contributed by atoms with Gasteiger partial charge in [0, 0.05) is 31.1 Å². The summed E-state index contributed by atoms with van der Waals surface area (Å²) in [5.74, 6) is 0.840. The quantitative estimate of drug-likeness (QED) is 0.725. The fraction of sp³-hybridized carbons (Fsp3) is 0.333. The molecule has 0 atom stereocenters. The van der Waals surface area contributed by atoms with Crippen molar-refractivity contribution in [1.82, 2.24) is 19.7 Å². The number of aromatic nitrogens is 4. The van der Waals surface area contributed by atoms with Gasteiger partial charge in [-0.25, -0.2) is 9.67 Å². The number of hydrogen-bond donors (Lipinski definition) is 0. The number of anilines is 1. The molecule has 0 aliphatic carbocycles. The predicted octanol–water partition coefficient (Wildman–Crippen LogP) is 2.33. The van der Waals surface area contributed by atoms with Crippen molar-refractivity contribution in [3.05, 3.63) is 58.1 Å². The smallest absolute Gasteiger partial charge is 0.267 e. The molecule has 1 aromatic carbocycles. The van der Waals surface area contributed by atoms with E-state index in [1.165, 1.54) is 0 Å². The Morgan fingerprint density at radius 1 is 1.17 bits per heavy atom. The van der Waals surface area contributed by atoms with Crippen molar-refractivity contribution in [3.8, 4) is 0 Å². The van der Waals surface area contributed by atoms with Crippen molar-refractivity contribution in [3.63, 3.8) is 0 Å². The fourth-order valence-corrected chi connectivity index (χ4v) is 3.08. The van der Waals surface area contributed by atoms with E-state index in [1.54, 1.807) is 16.9 Å². The van der Waals surface area contributed by atoms with Gasteiger partial charge < -0.3 is 4.90 Å². The molecule has 0 N–H and O–H groups in total. The standard InChI is InChI=1S/C18H19N5O/c1-12(2)23-18(24)9-13-11-22(8-7-14(13)21-23)17-10-19-15-5-3-4-6-16(15)20-17/h3-6,9-10,12H,7-8,11H2,1-2H3. The summed E-state index contributed by atoms with van der Waals surface area (Å²) in [4.78, 5) is 23.5. The molecule has 3 heterocycles. The molecular formula is C18H19N5O. The zero-order chi connectivity index (χ0) is 16.7. The molecule has 0 saturated heterocycles. The largest absolute Gasteiger partial charge is 0.351 e. The van der Waals surface area contributed by atoms with Crippen LogP contribution in [0.1, 0.15) is 31.1 Å². The van der Waals surface area contributed by atoms with Crippen LogP contribution < -0.4 is 10.5 Å². The third kappa shape index (κ3) is 2.54. The Kier molecular flexibility index (Phi) is 3.52. The zero-order valence-corrected chi connectivity index (χ0v) is 13.8. The van der Waals surface area contributed by atoms with E-state index in [9.17, 15) is 4.79 Å². The highest BCUT2D eigenvalue weighted by Gasteiger charge is 2.21. The second-order valence-corrected chi connectivity index (χ2v) is 6.38. The molecule has 0 saturated carbocycles. The highest BCUT2D eigenvalue weighted by Crippen LogP contribution is 2.22. The number of nitrogens with zero attached hydrogens (tertiary/aromatic N) is 5. The molecule has 24 heavy (non-hydrogen) atoms. The minimum absolute atomic E-state index is 0.0461. The van der Waals surface area contributed by atoms with Gasteiger partial charge in [0.25, 0.3) is 5.56 Å². The van der Waals surface area contributed by atoms with Crippen molar-refractivity contribution < 1.29 is 0 Å². The van der Waals surface area contributed by atoms with Crippen molar-refractivity contribution in [2.45, 2.75) is 32.9 Å². The molecule has 3 aromatic rings. The summed E-state index contributed by atoms with van der Waals surface area (Å²) in [6, 6.07) is 9.63. The van der Waals surface area contributed by atoms with Gasteiger partial charge in [-0.1, -0.05) is 12.1 Å². The van der Waals surface area contributed by atoms with Crippen LogP contribution in [0.2, 0.25) is 0 Å². The van der Waals surface area contributed by atoms with E-state index in [0.717, 1.165) is 41.1 Å². The summed E-state index contributed by atoms with van der Waals surface area (Å²) in [5, 5.41) is 4.53. The van der Waals surface area contributed by atoms with Crippen LogP contribution in [0.15, 0.2) is 41.3 Å². The Balaban J connectivity index is 1.68. The van der Waals surface area contributed by atoms with E-state index in [1.807, 2.05) is 38.1 Å². The van der Waals surface area contributed by atoms with Gasteiger partial charge in [0.05, 0.1) is 29.0 Å². The van der Waals surface area contributed by atoms with Crippen molar-refractivity contribution in [1.29, 1.82) is 0 Å². The van der Waals surface area contributed by atoms with Crippen LogP contribution in [0.4, 0.5) is 5.82 Å². The van der Waals surface area contributed by atoms with Gasteiger partial charge in [-0.05, 0) is 26.0 Å². The Morgan fingerprint density at radius 3 is 2.75 bits per heavy atom. The van der Waals surface area contributed by atoms with Crippen LogP contribution in [-0.4, -0.2) is 26.3 Å². The first-order valence-corrected chi connectivity index (χ1v) is 8.20. The van der Waals surface area contributed by atoms with Gasteiger partial charge >= 0.3 is 0 Å². The minimum atomic E-state index is -0.0461. The van der Waals surface area contributed by atoms with Crippen LogP contribution >= 0.6 is 0 Å². The third-order valence-electron chi connectivity index (χ3n) is 4.35. The lowest BCUT2D eigenvalue weighted by Gasteiger charge is -2.29. The van der Waals surface area contributed by atoms with Crippen LogP contribution in [0.25, 0.3) is 11.0 Å². The van der Waals surface area contributed by atoms with Crippen molar-refractivity contribution in [2.24, 2.45) is 0 Å². The summed E-state index contributed by atoms with van der Waals surface area (Å²) < 4.78 is 1.56. The van der Waals surface area contributed by atoms with E-state index in [4.69, 9.17) is 4.98 Å². The lowest BCUT2D eigenvalue weighted by molar-refractivity contribution is 0.484. The third-order valence-corrected chi connectivity index (χ3v) is 4.35. The first-order chi connectivity index (χ1) is 11.6. The van der Waals surface area contributed by atoms with E-state index < -0.39 is 0 Å². The Hall–Kier alpha value is -2.76. The predicted molar refractivity (Wildman–Crippen MR) is 93.2 cm³/mol. The van der Waals surface area contributed by atoms with Crippen LogP contribution in [0.5, 0.6) is 0 Å². The van der Waals surface area contributed by atoms with Crippen molar-refractivity contribution >= 4 is 16.9 Å². The highest BCUT2D eigenvalue weighted by molar-refractivity contribution is 5.75. The SMILES string of the molecule is CC(C)n1nc2c(cc1=O)CN(c1cnc3ccccc3n1)CC2. The molecule has 1 aliphatic heterocycles. The lowest BCUT2D eigenvalue weighted by Crippen LogP contribution is -2.35. The number of fused-ring (bicyclic) bond motifs is 2. The molecule has 2 aromatic heterocycles. The molecule has 0 radical (unpaired) electrons. The van der Waals surface area contributed by atoms with Gasteiger partial charge in [-0.3, -0.25) is 9.78 Å². The second-order valence-electron chi connectivity index (χ2n) is 6.38. The molecule has 0 unspecified atom stereocenters. The molecule has 0 fully saturated rings. The number of benzene rings is 1. The molecule has 6 nitrogen and oxygen atoms in total. The summed E-state index contributed by atoms with van der Waals surface area (Å²) in [7, 11) is 0. The molecule has 0 bridgehead atoms. The van der Waals surface area contributed by atoms with E-state index in [0.29, 0.717) is 6.54 Å². The van der Waals surface area contributed by atoms with Gasteiger partial charge in [-0.2, -0.15) is 5.10 Å². The summed E-state index contributed by atoms with van der Waals surface area (Å²) >= 11 is 0. The number of rotatable bonds is 2. The van der Waals surface area contributed by atoms with E-state index >= 15 is 0 Å². The Morgan fingerprint density at radius 2 is 1.96 bits per heavy atom. The molecule has 6 heteroatoms. The first-order valence-electron chi connectivity index (χ1n) is 8.20. The van der Waals surface area contributed by atoms with Crippen LogP contribution in [0.3, 0.4) is 0 Å². The first kappa shape index (κ1) is 14.8. The Labute approximate surface area is 139 Å². The molecule has 0 amide bonds. The zero-order valence-electron chi connectivity index (χ0n) is 13.8. The topological polar surface area (TPSA) is 63.9 Å². The van der Waals surface area contributed by atoms with Crippen molar-refractivity contribution in [2.75, 3.05) is 11.4 Å². The van der Waals surface area contributed by atoms with Gasteiger partial charge in [0.15, 0.2) is 0 Å². The molecule has 0 spiro atoms. The van der Waals surface area contributed by atoms with Gasteiger partial charge in [-0.15, -0.1) is 0 Å². The summed E-state index contributed by atoms with van der Waals surface area (Å²) in [6.45, 7) is 5.41. The van der Waals surface area contributed by atoms with Crippen LogP contribution in [0, 0.1) is 0 Å². The summed E-state index contributed by atoms with van der Waals surface area (Å²) in [5.41, 5.74) is 3.72. The van der Waals surface area contributed by atoms with E-state index in [2.05, 4.69) is 15.0 Å². The normalized spacial score (nSPS) is 14.2. The minimum Gasteiger partial charge on any atom is -0.351 e. The average molecular weight is 321 g/mol. The molecule has 4 rings (SSSR count). The highest BCUT2D eigenvalue weighted by atomic mass is 16.1. The van der Waals surface area contributed by atoms with Gasteiger partial charge in [0.2, 0.25) is 0 Å². The molecule has 1 aliphatic rings. The molecule has 122 valence electrons. The number of para-hydroxylation sites is 2. The molecular weight excluding hydrogens is 302 g/mol. The fourth-order valence-electron chi connectivity index (χ4n) is 3.08. The Bertz CT molecular complexity index is 963. The van der Waals surface area contributed by atoms with Crippen LogP contribution in [-0.2, 0) is 13.0 Å². The maximum atomic E-state index is 12.2. The van der Waals surface area contributed by atoms with E-state index in [-0.39, 0.29) is 11.6 Å². The average Bonchev–Trinajstić information content (AvgIpc) is 2.60. The second kappa shape index (κ2) is 5.70. The monoisotopic (exact) mass is 321 g/mol. The summed E-state index contributed by atoms with van der Waals surface area (Å²) in [6.07, 6.45) is 2.60. The van der Waals surface area contributed by atoms with Gasteiger partial charge in [0.1, 0.15) is 5.82 Å². The maximum absolute atomic E-state index is 12.2. The maximum Gasteiger partial charge on any atom is 0.267 e. The number of hydrogen-bond acceptors (Lipinski definition) is 5. The lowest BCUT2D eigenvalue weighted by atomic mass is 10.1.